The first-order valence-electron chi connectivity index (χ1n) is 8.10. The Morgan fingerprint density at radius 2 is 1.52 bits per heavy atom. The Balaban J connectivity index is 2.17. The van der Waals surface area contributed by atoms with E-state index >= 15 is 0 Å². The maximum atomic E-state index is 14.0. The van der Waals surface area contributed by atoms with Crippen LogP contribution in [0.1, 0.15) is 11.1 Å². The van der Waals surface area contributed by atoms with E-state index in [-0.39, 0.29) is 37.6 Å². The van der Waals surface area contributed by atoms with Gasteiger partial charge in [0.05, 0.1) is 6.61 Å². The number of likely N-dealkylation sites (N-methyl/N-ethyl adjacent to an activating group) is 1. The minimum Gasteiger partial charge on any atom is -0.395 e. The molecule has 6 heteroatoms. The molecule has 134 valence electrons. The van der Waals surface area contributed by atoms with E-state index in [0.29, 0.717) is 11.1 Å². The van der Waals surface area contributed by atoms with Gasteiger partial charge in [-0.25, -0.2) is 13.6 Å². The number of nitrogens with one attached hydrogen (secondary N) is 1. The van der Waals surface area contributed by atoms with Crippen LogP contribution in [0.3, 0.4) is 0 Å². The van der Waals surface area contributed by atoms with E-state index in [2.05, 4.69) is 5.32 Å². The molecule has 0 atom stereocenters. The summed E-state index contributed by atoms with van der Waals surface area (Å²) in [6.45, 7) is 0.0210. The molecule has 0 unspecified atom stereocenters. The maximum Gasteiger partial charge on any atom is 0.317 e. The van der Waals surface area contributed by atoms with Gasteiger partial charge in [0, 0.05) is 19.6 Å². The first kappa shape index (κ1) is 18.9. The number of carbonyl (C=O) groups excluding carboxylic acids is 1. The van der Waals surface area contributed by atoms with Crippen molar-refractivity contribution in [2.24, 2.45) is 0 Å². The normalized spacial score (nSPS) is 10.8. The van der Waals surface area contributed by atoms with Gasteiger partial charge in [0.15, 0.2) is 0 Å². The van der Waals surface area contributed by atoms with Gasteiger partial charge in [-0.1, -0.05) is 36.4 Å². The van der Waals surface area contributed by atoms with Gasteiger partial charge in [0.1, 0.15) is 11.6 Å². The average molecular weight is 348 g/mol. The lowest BCUT2D eigenvalue weighted by Gasteiger charge is -2.24. The number of amides is 2. The average Bonchev–Trinajstić information content (AvgIpc) is 2.59. The van der Waals surface area contributed by atoms with E-state index in [1.807, 2.05) is 0 Å². The van der Waals surface area contributed by atoms with Crippen molar-refractivity contribution in [3.63, 3.8) is 0 Å². The summed E-state index contributed by atoms with van der Waals surface area (Å²) < 4.78 is 27.9. The summed E-state index contributed by atoms with van der Waals surface area (Å²) in [7, 11) is 1.55. The molecule has 0 aliphatic heterocycles. The molecular formula is C19H22F2N2O2. The fourth-order valence-electron chi connectivity index (χ4n) is 2.57. The number of benzene rings is 2. The van der Waals surface area contributed by atoms with Crippen LogP contribution >= 0.6 is 0 Å². The monoisotopic (exact) mass is 348 g/mol. The van der Waals surface area contributed by atoms with E-state index < -0.39 is 12.1 Å². The Bertz CT molecular complexity index is 662. The molecule has 2 amide bonds. The van der Waals surface area contributed by atoms with Crippen LogP contribution in [0.2, 0.25) is 0 Å². The lowest BCUT2D eigenvalue weighted by molar-refractivity contribution is 0.187. The molecule has 0 aliphatic rings. The quantitative estimate of drug-likeness (QED) is 0.808. The van der Waals surface area contributed by atoms with Gasteiger partial charge in [-0.3, -0.25) is 0 Å². The molecule has 0 fully saturated rings. The van der Waals surface area contributed by atoms with E-state index in [4.69, 9.17) is 5.11 Å². The van der Waals surface area contributed by atoms with Crippen molar-refractivity contribution in [2.45, 2.75) is 18.9 Å². The lowest BCUT2D eigenvalue weighted by Crippen LogP contribution is -2.46. The molecule has 0 bridgehead atoms. The molecule has 2 aromatic rings. The molecular weight excluding hydrogens is 326 g/mol. The number of rotatable bonds is 7. The van der Waals surface area contributed by atoms with Crippen molar-refractivity contribution >= 4 is 6.03 Å². The van der Waals surface area contributed by atoms with Crippen LogP contribution in [0.4, 0.5) is 13.6 Å². The predicted molar refractivity (Wildman–Crippen MR) is 92.2 cm³/mol. The fraction of sp³-hybridized carbons (Fsp3) is 0.316. The van der Waals surface area contributed by atoms with E-state index in [9.17, 15) is 13.6 Å². The third kappa shape index (κ3) is 5.53. The summed E-state index contributed by atoms with van der Waals surface area (Å²) in [5.74, 6) is -0.724. The number of hydrogen-bond donors (Lipinski definition) is 2. The molecule has 0 aromatic heterocycles. The number of aliphatic hydroxyl groups excluding tert-OH is 1. The number of urea groups is 1. The summed E-state index contributed by atoms with van der Waals surface area (Å²) in [5.41, 5.74) is 0.905. The van der Waals surface area contributed by atoms with Gasteiger partial charge < -0.3 is 15.3 Å². The number of aliphatic hydroxyl groups is 1. The van der Waals surface area contributed by atoms with Gasteiger partial charge in [-0.15, -0.1) is 0 Å². The smallest absolute Gasteiger partial charge is 0.317 e. The zero-order valence-corrected chi connectivity index (χ0v) is 14.1. The van der Waals surface area contributed by atoms with Crippen molar-refractivity contribution in [1.29, 1.82) is 0 Å². The van der Waals surface area contributed by atoms with Gasteiger partial charge in [-0.05, 0) is 36.1 Å². The molecule has 0 saturated heterocycles. The van der Waals surface area contributed by atoms with Crippen molar-refractivity contribution in [3.8, 4) is 0 Å². The molecule has 2 aromatic carbocycles. The van der Waals surface area contributed by atoms with Crippen LogP contribution in [-0.4, -0.2) is 42.3 Å². The summed E-state index contributed by atoms with van der Waals surface area (Å²) in [6.07, 6.45) is 0.472. The van der Waals surface area contributed by atoms with Crippen LogP contribution in [0.5, 0.6) is 0 Å². The highest BCUT2D eigenvalue weighted by atomic mass is 19.1. The highest BCUT2D eigenvalue weighted by molar-refractivity contribution is 5.74. The van der Waals surface area contributed by atoms with Crippen molar-refractivity contribution in [2.75, 3.05) is 20.2 Å². The largest absolute Gasteiger partial charge is 0.395 e. The standard InChI is InChI=1S/C19H22F2N2O2/c1-23(10-11-24)19(25)22-16(12-14-6-2-4-8-17(14)20)13-15-7-3-5-9-18(15)21/h2-9,16,24H,10-13H2,1H3,(H,22,25). The van der Waals surface area contributed by atoms with E-state index in [0.717, 1.165) is 0 Å². The Morgan fingerprint density at radius 1 is 1.04 bits per heavy atom. The second kappa shape index (κ2) is 9.13. The lowest BCUT2D eigenvalue weighted by atomic mass is 9.98. The minimum atomic E-state index is -0.484. The molecule has 0 saturated carbocycles. The first-order valence-corrected chi connectivity index (χ1v) is 8.10. The Morgan fingerprint density at radius 3 is 1.96 bits per heavy atom. The third-order valence-corrected chi connectivity index (χ3v) is 3.96. The molecule has 4 nitrogen and oxygen atoms in total. The number of nitrogens with zero attached hydrogens (tertiary/aromatic N) is 1. The van der Waals surface area contributed by atoms with Crippen LogP contribution in [0.15, 0.2) is 48.5 Å². The van der Waals surface area contributed by atoms with Crippen LogP contribution in [0, 0.1) is 11.6 Å². The number of carbonyl (C=O) groups is 1. The van der Waals surface area contributed by atoms with Gasteiger partial charge >= 0.3 is 6.03 Å². The molecule has 2 rings (SSSR count). The van der Waals surface area contributed by atoms with Gasteiger partial charge in [0.25, 0.3) is 0 Å². The van der Waals surface area contributed by atoms with Gasteiger partial charge in [0.2, 0.25) is 0 Å². The zero-order valence-electron chi connectivity index (χ0n) is 14.1. The minimum absolute atomic E-state index is 0.158. The summed E-state index contributed by atoms with van der Waals surface area (Å²) >= 11 is 0. The summed E-state index contributed by atoms with van der Waals surface area (Å²) in [6, 6.07) is 11.8. The second-order valence-electron chi connectivity index (χ2n) is 5.88. The highest BCUT2D eigenvalue weighted by Crippen LogP contribution is 2.15. The zero-order chi connectivity index (χ0) is 18.2. The fourth-order valence-corrected chi connectivity index (χ4v) is 2.57. The van der Waals surface area contributed by atoms with Crippen molar-refractivity contribution in [3.05, 3.63) is 71.3 Å². The van der Waals surface area contributed by atoms with E-state index in [1.54, 1.807) is 43.4 Å². The second-order valence-corrected chi connectivity index (χ2v) is 5.88. The Kier molecular flexibility index (Phi) is 6.89. The summed E-state index contributed by atoms with van der Waals surface area (Å²) in [4.78, 5) is 13.5. The van der Waals surface area contributed by atoms with Crippen LogP contribution in [-0.2, 0) is 12.8 Å². The number of hydrogen-bond acceptors (Lipinski definition) is 2. The first-order chi connectivity index (χ1) is 12.0. The van der Waals surface area contributed by atoms with Gasteiger partial charge in [-0.2, -0.15) is 0 Å². The third-order valence-electron chi connectivity index (χ3n) is 3.96. The molecule has 2 N–H and O–H groups in total. The predicted octanol–water partition coefficient (Wildman–Crippen LogP) is 2.75. The molecule has 0 aliphatic carbocycles. The van der Waals surface area contributed by atoms with Crippen LogP contribution < -0.4 is 5.32 Å². The van der Waals surface area contributed by atoms with Crippen molar-refractivity contribution in [1.82, 2.24) is 10.2 Å². The Hall–Kier alpha value is -2.47. The summed E-state index contributed by atoms with van der Waals surface area (Å²) in [5, 5.41) is 11.7. The van der Waals surface area contributed by atoms with Crippen molar-refractivity contribution < 1.29 is 18.7 Å². The SMILES string of the molecule is CN(CCO)C(=O)NC(Cc1ccccc1F)Cc1ccccc1F. The molecule has 25 heavy (non-hydrogen) atoms. The Labute approximate surface area is 146 Å². The maximum absolute atomic E-state index is 14.0. The molecule has 0 spiro atoms. The van der Waals surface area contributed by atoms with Crippen LogP contribution in [0.25, 0.3) is 0 Å². The highest BCUT2D eigenvalue weighted by Gasteiger charge is 2.19. The number of halogens is 2. The molecule has 0 radical (unpaired) electrons. The topological polar surface area (TPSA) is 52.6 Å². The van der Waals surface area contributed by atoms with E-state index in [1.165, 1.54) is 17.0 Å². The molecule has 0 heterocycles.